The smallest absolute Gasteiger partial charge is 0.173 e. The first-order chi connectivity index (χ1) is 8.61. The first kappa shape index (κ1) is 14.6. The van der Waals surface area contributed by atoms with Crippen LogP contribution in [0.15, 0.2) is 23.4 Å². The highest BCUT2D eigenvalue weighted by atomic mass is 35.5. The average Bonchev–Trinajstić information content (AvgIpc) is 2.37. The van der Waals surface area contributed by atoms with Gasteiger partial charge in [-0.3, -0.25) is 0 Å². The van der Waals surface area contributed by atoms with E-state index >= 15 is 0 Å². The molecule has 3 N–H and O–H groups in total. The molecule has 0 unspecified atom stereocenters. The van der Waals surface area contributed by atoms with Crippen LogP contribution >= 0.6 is 11.6 Å². The quantitative estimate of drug-likeness (QED) is 0.273. The molecule has 1 aromatic rings. The van der Waals surface area contributed by atoms with E-state index in [9.17, 15) is 0 Å². The predicted molar refractivity (Wildman–Crippen MR) is 73.7 cm³/mol. The third-order valence-corrected chi connectivity index (χ3v) is 2.86. The Kier molecular flexibility index (Phi) is 5.74. The van der Waals surface area contributed by atoms with E-state index in [-0.39, 0.29) is 5.84 Å². The molecule has 0 fully saturated rings. The molecule has 1 aromatic carbocycles. The number of oxime groups is 1. The van der Waals surface area contributed by atoms with Crippen molar-refractivity contribution in [2.24, 2.45) is 10.9 Å². The molecule has 1 rings (SSSR count). The second-order valence-corrected chi connectivity index (χ2v) is 4.14. The van der Waals surface area contributed by atoms with E-state index in [1.165, 1.54) is 0 Å². The Labute approximate surface area is 112 Å². The van der Waals surface area contributed by atoms with Crippen molar-refractivity contribution < 1.29 is 9.94 Å². The van der Waals surface area contributed by atoms with Gasteiger partial charge in [-0.15, -0.1) is 0 Å². The maximum atomic E-state index is 8.79. The molecule has 0 atom stereocenters. The molecule has 0 aliphatic carbocycles. The minimum absolute atomic E-state index is 0.00106. The fraction of sp³-hybridized carbons (Fsp3) is 0.417. The molecule has 5 nitrogen and oxygen atoms in total. The number of hydrogen-bond donors (Lipinski definition) is 2. The molecular weight excluding hydrogens is 254 g/mol. The lowest BCUT2D eigenvalue weighted by Gasteiger charge is -2.22. The molecule has 0 heterocycles. The summed E-state index contributed by atoms with van der Waals surface area (Å²) in [6.07, 6.45) is 0. The molecule has 0 saturated heterocycles. The van der Waals surface area contributed by atoms with Gasteiger partial charge in [0.25, 0.3) is 0 Å². The van der Waals surface area contributed by atoms with E-state index in [1.807, 2.05) is 31.0 Å². The zero-order chi connectivity index (χ0) is 13.5. The van der Waals surface area contributed by atoms with Gasteiger partial charge in [0.05, 0.1) is 17.2 Å². The van der Waals surface area contributed by atoms with Crippen molar-refractivity contribution in [3.63, 3.8) is 0 Å². The summed E-state index contributed by atoms with van der Waals surface area (Å²) in [5, 5.41) is 12.3. The van der Waals surface area contributed by atoms with Gasteiger partial charge in [-0.2, -0.15) is 0 Å². The van der Waals surface area contributed by atoms with Crippen molar-refractivity contribution in [1.29, 1.82) is 0 Å². The number of likely N-dealkylation sites (N-methyl/N-ethyl adjacent to an activating group) is 1. The summed E-state index contributed by atoms with van der Waals surface area (Å²) >= 11 is 6.08. The normalized spacial score (nSPS) is 11.6. The number of hydrogen-bond acceptors (Lipinski definition) is 4. The van der Waals surface area contributed by atoms with Gasteiger partial charge < -0.3 is 20.6 Å². The summed E-state index contributed by atoms with van der Waals surface area (Å²) in [7, 11) is 1.90. The van der Waals surface area contributed by atoms with E-state index in [2.05, 4.69) is 5.16 Å². The molecule has 100 valence electrons. The maximum Gasteiger partial charge on any atom is 0.173 e. The summed E-state index contributed by atoms with van der Waals surface area (Å²) in [5.74, 6) is -0.00106. The summed E-state index contributed by atoms with van der Waals surface area (Å²) in [6, 6.07) is 5.39. The number of ether oxygens (including phenoxy) is 1. The first-order valence-electron chi connectivity index (χ1n) is 5.67. The lowest BCUT2D eigenvalue weighted by Crippen LogP contribution is -2.26. The van der Waals surface area contributed by atoms with Gasteiger partial charge in [0.1, 0.15) is 0 Å². The summed E-state index contributed by atoms with van der Waals surface area (Å²) < 4.78 is 5.30. The Morgan fingerprint density at radius 1 is 1.56 bits per heavy atom. The molecule has 0 amide bonds. The summed E-state index contributed by atoms with van der Waals surface area (Å²) in [5.41, 5.74) is 6.98. The Morgan fingerprint density at radius 3 is 2.89 bits per heavy atom. The largest absolute Gasteiger partial charge is 0.409 e. The third kappa shape index (κ3) is 3.51. The van der Waals surface area contributed by atoms with Gasteiger partial charge in [0.2, 0.25) is 0 Å². The highest BCUT2D eigenvalue weighted by Crippen LogP contribution is 2.26. The van der Waals surface area contributed by atoms with Crippen molar-refractivity contribution in [2.75, 3.05) is 31.7 Å². The standard InChI is InChI=1S/C12H18ClN3O2/c1-3-18-8-7-16(2)10-6-4-5-9(13)11(10)12(14)15-17/h4-6,17H,3,7-8H2,1-2H3,(H2,14,15). The fourth-order valence-corrected chi connectivity index (χ4v) is 1.87. The van der Waals surface area contributed by atoms with Crippen LogP contribution in [0.1, 0.15) is 12.5 Å². The number of benzene rings is 1. The second-order valence-electron chi connectivity index (χ2n) is 3.74. The molecule has 0 spiro atoms. The van der Waals surface area contributed by atoms with Gasteiger partial charge >= 0.3 is 0 Å². The van der Waals surface area contributed by atoms with E-state index in [0.29, 0.717) is 30.3 Å². The van der Waals surface area contributed by atoms with Crippen LogP contribution in [0.25, 0.3) is 0 Å². The molecule has 0 radical (unpaired) electrons. The first-order valence-corrected chi connectivity index (χ1v) is 6.04. The predicted octanol–water partition coefficient (Wildman–Crippen LogP) is 1.91. The molecule has 0 bridgehead atoms. The van der Waals surface area contributed by atoms with Crippen LogP contribution in [-0.2, 0) is 4.74 Å². The van der Waals surface area contributed by atoms with Gasteiger partial charge in [-0.05, 0) is 19.1 Å². The fourth-order valence-electron chi connectivity index (χ4n) is 1.60. The highest BCUT2D eigenvalue weighted by molar-refractivity contribution is 6.34. The summed E-state index contributed by atoms with van der Waals surface area (Å²) in [6.45, 7) is 3.92. The number of halogens is 1. The Bertz CT molecular complexity index is 424. The number of anilines is 1. The topological polar surface area (TPSA) is 71.1 Å². The average molecular weight is 272 g/mol. The van der Waals surface area contributed by atoms with Crippen LogP contribution in [-0.4, -0.2) is 37.8 Å². The molecule has 18 heavy (non-hydrogen) atoms. The van der Waals surface area contributed by atoms with Gasteiger partial charge in [-0.1, -0.05) is 22.8 Å². The van der Waals surface area contributed by atoms with Crippen LogP contribution in [0.3, 0.4) is 0 Å². The van der Waals surface area contributed by atoms with Gasteiger partial charge in [0.15, 0.2) is 5.84 Å². The van der Waals surface area contributed by atoms with Crippen molar-refractivity contribution in [3.05, 3.63) is 28.8 Å². The van der Waals surface area contributed by atoms with Crippen molar-refractivity contribution in [2.45, 2.75) is 6.92 Å². The van der Waals surface area contributed by atoms with Crippen LogP contribution in [0, 0.1) is 0 Å². The third-order valence-electron chi connectivity index (χ3n) is 2.54. The minimum atomic E-state index is -0.00106. The Morgan fingerprint density at radius 2 is 2.28 bits per heavy atom. The van der Waals surface area contributed by atoms with Crippen molar-refractivity contribution >= 4 is 23.1 Å². The second kappa shape index (κ2) is 7.08. The van der Waals surface area contributed by atoms with E-state index in [0.717, 1.165) is 5.69 Å². The van der Waals surface area contributed by atoms with E-state index in [1.54, 1.807) is 6.07 Å². The SMILES string of the molecule is CCOCCN(C)c1cccc(Cl)c1/C(N)=N/O. The van der Waals surface area contributed by atoms with E-state index < -0.39 is 0 Å². The number of rotatable bonds is 6. The Balaban J connectivity index is 2.97. The molecule has 0 aromatic heterocycles. The number of nitrogens with zero attached hydrogens (tertiary/aromatic N) is 2. The van der Waals surface area contributed by atoms with E-state index in [4.69, 9.17) is 27.3 Å². The van der Waals surface area contributed by atoms with Gasteiger partial charge in [0, 0.05) is 25.9 Å². The molecule has 0 saturated carbocycles. The molecular formula is C12H18ClN3O2. The Hall–Kier alpha value is -1.46. The van der Waals surface area contributed by atoms with Crippen LogP contribution in [0.5, 0.6) is 0 Å². The summed E-state index contributed by atoms with van der Waals surface area (Å²) in [4.78, 5) is 1.95. The monoisotopic (exact) mass is 271 g/mol. The van der Waals surface area contributed by atoms with Crippen LogP contribution < -0.4 is 10.6 Å². The molecule has 0 aliphatic heterocycles. The van der Waals surface area contributed by atoms with Crippen LogP contribution in [0.4, 0.5) is 5.69 Å². The zero-order valence-electron chi connectivity index (χ0n) is 10.6. The lowest BCUT2D eigenvalue weighted by molar-refractivity contribution is 0.154. The van der Waals surface area contributed by atoms with Crippen LogP contribution in [0.2, 0.25) is 5.02 Å². The minimum Gasteiger partial charge on any atom is -0.409 e. The highest BCUT2D eigenvalue weighted by Gasteiger charge is 2.14. The number of amidine groups is 1. The number of nitrogens with two attached hydrogens (primary N) is 1. The lowest BCUT2D eigenvalue weighted by atomic mass is 10.1. The van der Waals surface area contributed by atoms with Crippen molar-refractivity contribution in [1.82, 2.24) is 0 Å². The van der Waals surface area contributed by atoms with Crippen molar-refractivity contribution in [3.8, 4) is 0 Å². The van der Waals surface area contributed by atoms with Gasteiger partial charge in [-0.25, -0.2) is 0 Å². The maximum absolute atomic E-state index is 8.79. The zero-order valence-corrected chi connectivity index (χ0v) is 11.3. The molecule has 0 aliphatic rings. The molecule has 6 heteroatoms.